The van der Waals surface area contributed by atoms with Crippen LogP contribution >= 0.6 is 0 Å². The Kier molecular flexibility index (Phi) is 2.81. The third-order valence-electron chi connectivity index (χ3n) is 2.43. The highest BCUT2D eigenvalue weighted by molar-refractivity contribution is 7.89. The lowest BCUT2D eigenvalue weighted by atomic mass is 10.4. The molecule has 0 radical (unpaired) electrons. The number of hydrogen-bond acceptors (Lipinski definition) is 4. The quantitative estimate of drug-likeness (QED) is 0.700. The molecular weight excluding hydrogens is 228 g/mol. The van der Waals surface area contributed by atoms with Gasteiger partial charge in [0.15, 0.2) is 0 Å². The van der Waals surface area contributed by atoms with Gasteiger partial charge in [0.05, 0.1) is 12.3 Å². The molecule has 6 nitrogen and oxygen atoms in total. The molecule has 0 unspecified atom stereocenters. The summed E-state index contributed by atoms with van der Waals surface area (Å²) in [6.07, 6.45) is 1.62. The smallest absolute Gasteiger partial charge is 0.218 e. The van der Waals surface area contributed by atoms with Crippen LogP contribution in [-0.2, 0) is 23.1 Å². The number of hydrogen-bond donors (Lipinski definition) is 0. The normalized spacial score (nSPS) is 17.1. The van der Waals surface area contributed by atoms with Crippen molar-refractivity contribution in [2.24, 2.45) is 0 Å². The topological polar surface area (TPSA) is 68.1 Å². The fourth-order valence-electron chi connectivity index (χ4n) is 1.68. The summed E-state index contributed by atoms with van der Waals surface area (Å²) < 4.78 is 27.2. The Hall–Kier alpha value is -1.21. The molecule has 88 valence electrons. The molecule has 2 heterocycles. The molecule has 1 aliphatic heterocycles. The molecule has 1 aromatic heterocycles. The molecule has 0 saturated heterocycles. The van der Waals surface area contributed by atoms with E-state index in [1.807, 2.05) is 4.57 Å². The van der Waals surface area contributed by atoms with Gasteiger partial charge in [-0.1, -0.05) is 12.2 Å². The molecule has 0 atom stereocenters. The van der Waals surface area contributed by atoms with Crippen molar-refractivity contribution in [1.82, 2.24) is 19.1 Å². The molecule has 1 aromatic rings. The second-order valence-corrected chi connectivity index (χ2v) is 5.96. The minimum atomic E-state index is -3.25. The van der Waals surface area contributed by atoms with Gasteiger partial charge in [-0.05, 0) is 6.92 Å². The van der Waals surface area contributed by atoms with E-state index in [1.165, 1.54) is 4.31 Å². The van der Waals surface area contributed by atoms with Crippen LogP contribution in [0.5, 0.6) is 0 Å². The second kappa shape index (κ2) is 3.99. The molecule has 0 bridgehead atoms. The average molecular weight is 242 g/mol. The monoisotopic (exact) mass is 242 g/mol. The van der Waals surface area contributed by atoms with Crippen LogP contribution in [0.4, 0.5) is 0 Å². The number of fused-ring (bicyclic) bond motifs is 1. The van der Waals surface area contributed by atoms with Crippen molar-refractivity contribution in [3.63, 3.8) is 0 Å². The van der Waals surface area contributed by atoms with Gasteiger partial charge < -0.3 is 4.57 Å². The highest BCUT2D eigenvalue weighted by Crippen LogP contribution is 2.14. The largest absolute Gasteiger partial charge is 0.315 e. The maximum Gasteiger partial charge on any atom is 0.218 e. The Morgan fingerprint density at radius 1 is 1.56 bits per heavy atom. The lowest BCUT2D eigenvalue weighted by Crippen LogP contribution is -2.39. The van der Waals surface area contributed by atoms with Gasteiger partial charge in [0.25, 0.3) is 0 Å². The van der Waals surface area contributed by atoms with Crippen LogP contribution in [0.2, 0.25) is 0 Å². The maximum atomic E-state index is 11.9. The Morgan fingerprint density at radius 2 is 2.31 bits per heavy atom. The van der Waals surface area contributed by atoms with Crippen molar-refractivity contribution in [3.05, 3.63) is 24.3 Å². The summed E-state index contributed by atoms with van der Waals surface area (Å²) in [6, 6.07) is 0. The number of rotatable bonds is 3. The van der Waals surface area contributed by atoms with E-state index >= 15 is 0 Å². The lowest BCUT2D eigenvalue weighted by molar-refractivity contribution is 0.336. The standard InChI is InChI=1S/C9H14N4O2S/c1-8(2)6-16(14,15)13-4-3-12-7-10-11-9(12)5-13/h7H,1,3-6H2,2H3. The zero-order valence-corrected chi connectivity index (χ0v) is 9.94. The van der Waals surface area contributed by atoms with Gasteiger partial charge in [-0.3, -0.25) is 0 Å². The summed E-state index contributed by atoms with van der Waals surface area (Å²) in [6.45, 7) is 6.73. The molecule has 0 fully saturated rings. The predicted molar refractivity (Wildman–Crippen MR) is 59.0 cm³/mol. The molecular formula is C9H14N4O2S. The van der Waals surface area contributed by atoms with Crippen molar-refractivity contribution in [3.8, 4) is 0 Å². The minimum absolute atomic E-state index is 0.00113. The van der Waals surface area contributed by atoms with E-state index in [9.17, 15) is 8.42 Å². The maximum absolute atomic E-state index is 11.9. The van der Waals surface area contributed by atoms with Gasteiger partial charge >= 0.3 is 0 Å². The summed E-state index contributed by atoms with van der Waals surface area (Å²) in [5.74, 6) is 0.692. The third-order valence-corrected chi connectivity index (χ3v) is 4.38. The van der Waals surface area contributed by atoms with Gasteiger partial charge in [0, 0.05) is 13.1 Å². The first-order chi connectivity index (χ1) is 7.49. The fraction of sp³-hybridized carbons (Fsp3) is 0.556. The summed E-state index contributed by atoms with van der Waals surface area (Å²) in [7, 11) is -3.25. The summed E-state index contributed by atoms with van der Waals surface area (Å²) >= 11 is 0. The molecule has 1 aliphatic rings. The average Bonchev–Trinajstić information content (AvgIpc) is 2.61. The lowest BCUT2D eigenvalue weighted by Gasteiger charge is -2.26. The van der Waals surface area contributed by atoms with Crippen molar-refractivity contribution in [1.29, 1.82) is 0 Å². The van der Waals surface area contributed by atoms with Crippen molar-refractivity contribution in [2.75, 3.05) is 12.3 Å². The van der Waals surface area contributed by atoms with E-state index in [-0.39, 0.29) is 5.75 Å². The van der Waals surface area contributed by atoms with Gasteiger partial charge in [0.1, 0.15) is 12.2 Å². The first-order valence-corrected chi connectivity index (χ1v) is 6.59. The number of sulfonamides is 1. The molecule has 7 heteroatoms. The van der Waals surface area contributed by atoms with Crippen LogP contribution in [0.15, 0.2) is 18.5 Å². The van der Waals surface area contributed by atoms with E-state index in [0.29, 0.717) is 31.0 Å². The van der Waals surface area contributed by atoms with Gasteiger partial charge in [-0.25, -0.2) is 8.42 Å². The van der Waals surface area contributed by atoms with Crippen molar-refractivity contribution >= 4 is 10.0 Å². The third kappa shape index (κ3) is 2.14. The Labute approximate surface area is 94.6 Å². The summed E-state index contributed by atoms with van der Waals surface area (Å²) in [5, 5.41) is 7.64. The SMILES string of the molecule is C=C(C)CS(=O)(=O)N1CCn2cnnc2C1. The Balaban J connectivity index is 2.17. The first-order valence-electron chi connectivity index (χ1n) is 4.98. The first kappa shape index (κ1) is 11.3. The zero-order valence-electron chi connectivity index (χ0n) is 9.13. The Morgan fingerprint density at radius 3 is 3.00 bits per heavy atom. The predicted octanol–water partition coefficient (Wildman–Crippen LogP) is -0.000400. The highest BCUT2D eigenvalue weighted by Gasteiger charge is 2.27. The van der Waals surface area contributed by atoms with Crippen LogP contribution in [0.25, 0.3) is 0 Å². The van der Waals surface area contributed by atoms with Gasteiger partial charge in [0.2, 0.25) is 10.0 Å². The fourth-order valence-corrected chi connectivity index (χ4v) is 3.16. The molecule has 0 N–H and O–H groups in total. The van der Waals surface area contributed by atoms with Crippen molar-refractivity contribution in [2.45, 2.75) is 20.0 Å². The van der Waals surface area contributed by atoms with Crippen LogP contribution in [0, 0.1) is 0 Å². The molecule has 2 rings (SSSR count). The van der Waals surface area contributed by atoms with Gasteiger partial charge in [-0.15, -0.1) is 10.2 Å². The molecule has 0 aromatic carbocycles. The molecule has 0 amide bonds. The zero-order chi connectivity index (χ0) is 11.8. The Bertz CT molecular complexity index is 505. The van der Waals surface area contributed by atoms with E-state index in [2.05, 4.69) is 16.8 Å². The van der Waals surface area contributed by atoms with Crippen LogP contribution in [0.1, 0.15) is 12.7 Å². The second-order valence-electron chi connectivity index (χ2n) is 3.99. The van der Waals surface area contributed by atoms with Crippen LogP contribution < -0.4 is 0 Å². The highest BCUT2D eigenvalue weighted by atomic mass is 32.2. The van der Waals surface area contributed by atoms with E-state index in [0.717, 1.165) is 0 Å². The number of nitrogens with zero attached hydrogens (tertiary/aromatic N) is 4. The minimum Gasteiger partial charge on any atom is -0.315 e. The number of aromatic nitrogens is 3. The van der Waals surface area contributed by atoms with Gasteiger partial charge in [-0.2, -0.15) is 4.31 Å². The van der Waals surface area contributed by atoms with Crippen LogP contribution in [-0.4, -0.2) is 39.8 Å². The molecule has 16 heavy (non-hydrogen) atoms. The molecule has 0 saturated carbocycles. The van der Waals surface area contributed by atoms with Crippen LogP contribution in [0.3, 0.4) is 0 Å². The molecule has 0 aliphatic carbocycles. The summed E-state index contributed by atoms with van der Waals surface area (Å²) in [5.41, 5.74) is 0.645. The molecule has 0 spiro atoms. The summed E-state index contributed by atoms with van der Waals surface area (Å²) in [4.78, 5) is 0. The van der Waals surface area contributed by atoms with E-state index in [4.69, 9.17) is 0 Å². The van der Waals surface area contributed by atoms with Crippen molar-refractivity contribution < 1.29 is 8.42 Å². The van der Waals surface area contributed by atoms with E-state index < -0.39 is 10.0 Å². The van der Waals surface area contributed by atoms with E-state index in [1.54, 1.807) is 13.3 Å².